The van der Waals surface area contributed by atoms with Gasteiger partial charge in [-0.2, -0.15) is 0 Å². The second-order valence-corrected chi connectivity index (χ2v) is 5.60. The van der Waals surface area contributed by atoms with E-state index in [0.717, 1.165) is 21.2 Å². The molecule has 2 aromatic carbocycles. The molecular weight excluding hydrogens is 312 g/mol. The Balaban J connectivity index is 2.22. The summed E-state index contributed by atoms with van der Waals surface area (Å²) in [7, 11) is 0. The van der Waals surface area contributed by atoms with Crippen molar-refractivity contribution >= 4 is 27.5 Å². The molecule has 94 valence electrons. The van der Waals surface area contributed by atoms with Crippen LogP contribution in [0.2, 0.25) is 5.02 Å². The molecule has 18 heavy (non-hydrogen) atoms. The van der Waals surface area contributed by atoms with Gasteiger partial charge in [0.2, 0.25) is 0 Å². The molecule has 1 unspecified atom stereocenters. The zero-order valence-electron chi connectivity index (χ0n) is 10.0. The van der Waals surface area contributed by atoms with Gasteiger partial charge in [0.25, 0.3) is 0 Å². The first-order chi connectivity index (χ1) is 8.58. The first kappa shape index (κ1) is 13.6. The van der Waals surface area contributed by atoms with E-state index in [-0.39, 0.29) is 0 Å². The summed E-state index contributed by atoms with van der Waals surface area (Å²) >= 11 is 9.58. The van der Waals surface area contributed by atoms with Crippen LogP contribution in [0.15, 0.2) is 46.9 Å². The lowest BCUT2D eigenvalue weighted by Gasteiger charge is -2.14. The Morgan fingerprint density at radius 1 is 1.22 bits per heavy atom. The summed E-state index contributed by atoms with van der Waals surface area (Å²) < 4.78 is 0.932. The second-order valence-electron chi connectivity index (χ2n) is 4.34. The van der Waals surface area contributed by atoms with Gasteiger partial charge >= 0.3 is 0 Å². The standard InChI is InChI=1S/C15H14BrClO/c1-10-6-7-12(13(16)8-10)15(18)9-11-4-2-3-5-14(11)17/h2-8,15,18H,9H2,1H3. The minimum atomic E-state index is -0.556. The van der Waals surface area contributed by atoms with E-state index in [1.807, 2.05) is 49.4 Å². The van der Waals surface area contributed by atoms with E-state index in [1.165, 1.54) is 0 Å². The van der Waals surface area contributed by atoms with E-state index >= 15 is 0 Å². The third kappa shape index (κ3) is 3.14. The van der Waals surface area contributed by atoms with Crippen molar-refractivity contribution in [1.29, 1.82) is 0 Å². The molecule has 0 aromatic heterocycles. The van der Waals surface area contributed by atoms with Crippen molar-refractivity contribution in [1.82, 2.24) is 0 Å². The summed E-state index contributed by atoms with van der Waals surface area (Å²) in [6.45, 7) is 2.02. The van der Waals surface area contributed by atoms with E-state index in [4.69, 9.17) is 11.6 Å². The van der Waals surface area contributed by atoms with E-state index in [1.54, 1.807) is 0 Å². The van der Waals surface area contributed by atoms with E-state index in [9.17, 15) is 5.11 Å². The van der Waals surface area contributed by atoms with Crippen molar-refractivity contribution in [3.05, 3.63) is 68.7 Å². The molecule has 1 atom stereocenters. The number of aliphatic hydroxyl groups excluding tert-OH is 1. The normalized spacial score (nSPS) is 12.4. The van der Waals surface area contributed by atoms with Crippen LogP contribution in [0.25, 0.3) is 0 Å². The molecule has 1 nitrogen and oxygen atoms in total. The summed E-state index contributed by atoms with van der Waals surface area (Å²) in [6.07, 6.45) is -0.0405. The molecule has 0 aliphatic carbocycles. The molecule has 2 rings (SSSR count). The minimum Gasteiger partial charge on any atom is -0.388 e. The fourth-order valence-corrected chi connectivity index (χ4v) is 2.85. The molecule has 2 aromatic rings. The van der Waals surface area contributed by atoms with Crippen molar-refractivity contribution in [3.63, 3.8) is 0 Å². The lowest BCUT2D eigenvalue weighted by atomic mass is 10.0. The molecule has 0 saturated carbocycles. The number of halogens is 2. The van der Waals surface area contributed by atoms with Gasteiger partial charge < -0.3 is 5.11 Å². The van der Waals surface area contributed by atoms with Gasteiger partial charge in [-0.1, -0.05) is 57.9 Å². The largest absolute Gasteiger partial charge is 0.388 e. The van der Waals surface area contributed by atoms with E-state index < -0.39 is 6.10 Å². The maximum absolute atomic E-state index is 10.3. The van der Waals surface area contributed by atoms with Crippen LogP contribution >= 0.6 is 27.5 Å². The van der Waals surface area contributed by atoms with Gasteiger partial charge in [0.15, 0.2) is 0 Å². The van der Waals surface area contributed by atoms with Crippen LogP contribution in [-0.4, -0.2) is 5.11 Å². The minimum absolute atomic E-state index is 0.515. The van der Waals surface area contributed by atoms with E-state index in [2.05, 4.69) is 15.9 Å². The van der Waals surface area contributed by atoms with Gasteiger partial charge in [-0.05, 0) is 35.7 Å². The van der Waals surface area contributed by atoms with Crippen molar-refractivity contribution in [2.45, 2.75) is 19.4 Å². The summed E-state index contributed by atoms with van der Waals surface area (Å²) in [6, 6.07) is 13.5. The monoisotopic (exact) mass is 324 g/mol. The highest BCUT2D eigenvalue weighted by molar-refractivity contribution is 9.10. The Hall–Kier alpha value is -0.830. The fraction of sp³-hybridized carbons (Fsp3) is 0.200. The summed E-state index contributed by atoms with van der Waals surface area (Å²) in [5, 5.41) is 11.0. The topological polar surface area (TPSA) is 20.2 Å². The Kier molecular flexibility index (Phi) is 4.44. The molecule has 0 spiro atoms. The Labute approximate surface area is 121 Å². The maximum atomic E-state index is 10.3. The first-order valence-electron chi connectivity index (χ1n) is 5.75. The molecule has 0 heterocycles. The predicted octanol–water partition coefficient (Wildman–Crippen LogP) is 4.69. The highest BCUT2D eigenvalue weighted by Crippen LogP contribution is 2.28. The SMILES string of the molecule is Cc1ccc(C(O)Cc2ccccc2Cl)c(Br)c1. The first-order valence-corrected chi connectivity index (χ1v) is 6.92. The number of aryl methyl sites for hydroxylation is 1. The Morgan fingerprint density at radius 2 is 1.94 bits per heavy atom. The predicted molar refractivity (Wildman–Crippen MR) is 79.0 cm³/mol. The zero-order valence-corrected chi connectivity index (χ0v) is 12.4. The molecule has 0 radical (unpaired) electrons. The van der Waals surface area contributed by atoms with E-state index in [0.29, 0.717) is 11.4 Å². The lowest BCUT2D eigenvalue weighted by molar-refractivity contribution is 0.177. The molecule has 0 aliphatic heterocycles. The van der Waals surface area contributed by atoms with Crippen LogP contribution in [0.5, 0.6) is 0 Å². The van der Waals surface area contributed by atoms with Crippen LogP contribution in [-0.2, 0) is 6.42 Å². The molecule has 0 bridgehead atoms. The maximum Gasteiger partial charge on any atom is 0.0841 e. The van der Waals surface area contributed by atoms with Gasteiger partial charge in [0.05, 0.1) is 6.10 Å². The van der Waals surface area contributed by atoms with Gasteiger partial charge in [-0.25, -0.2) is 0 Å². The summed E-state index contributed by atoms with van der Waals surface area (Å²) in [5.74, 6) is 0. The van der Waals surface area contributed by atoms with Crippen LogP contribution in [0.3, 0.4) is 0 Å². The van der Waals surface area contributed by atoms with Gasteiger partial charge in [-0.3, -0.25) is 0 Å². The summed E-state index contributed by atoms with van der Waals surface area (Å²) in [4.78, 5) is 0. The van der Waals surface area contributed by atoms with Gasteiger partial charge in [-0.15, -0.1) is 0 Å². The molecule has 0 amide bonds. The van der Waals surface area contributed by atoms with Crippen molar-refractivity contribution < 1.29 is 5.11 Å². The Morgan fingerprint density at radius 3 is 2.61 bits per heavy atom. The third-order valence-electron chi connectivity index (χ3n) is 2.89. The molecular formula is C15H14BrClO. The zero-order chi connectivity index (χ0) is 13.1. The fourth-order valence-electron chi connectivity index (χ4n) is 1.88. The quantitative estimate of drug-likeness (QED) is 0.868. The lowest BCUT2D eigenvalue weighted by Crippen LogP contribution is -2.03. The molecule has 3 heteroatoms. The van der Waals surface area contributed by atoms with Crippen LogP contribution in [0.4, 0.5) is 0 Å². The van der Waals surface area contributed by atoms with Crippen molar-refractivity contribution in [3.8, 4) is 0 Å². The van der Waals surface area contributed by atoms with Crippen LogP contribution in [0, 0.1) is 6.92 Å². The van der Waals surface area contributed by atoms with Gasteiger partial charge in [0, 0.05) is 15.9 Å². The third-order valence-corrected chi connectivity index (χ3v) is 3.94. The number of benzene rings is 2. The number of hydrogen-bond acceptors (Lipinski definition) is 1. The Bertz CT molecular complexity index is 554. The second kappa shape index (κ2) is 5.87. The average molecular weight is 326 g/mol. The molecule has 0 fully saturated rings. The highest BCUT2D eigenvalue weighted by atomic mass is 79.9. The highest BCUT2D eigenvalue weighted by Gasteiger charge is 2.13. The average Bonchev–Trinajstić information content (AvgIpc) is 2.32. The smallest absolute Gasteiger partial charge is 0.0841 e. The molecule has 0 saturated heterocycles. The van der Waals surface area contributed by atoms with Gasteiger partial charge in [0.1, 0.15) is 0 Å². The number of rotatable bonds is 3. The number of aliphatic hydroxyl groups is 1. The molecule has 1 N–H and O–H groups in total. The van der Waals surface area contributed by atoms with Crippen LogP contribution in [0.1, 0.15) is 22.8 Å². The van der Waals surface area contributed by atoms with Crippen molar-refractivity contribution in [2.24, 2.45) is 0 Å². The van der Waals surface area contributed by atoms with Crippen molar-refractivity contribution in [2.75, 3.05) is 0 Å². The van der Waals surface area contributed by atoms with Crippen LogP contribution < -0.4 is 0 Å². The molecule has 0 aliphatic rings. The summed E-state index contributed by atoms with van der Waals surface area (Å²) in [5.41, 5.74) is 3.01. The number of hydrogen-bond donors (Lipinski definition) is 1.